The van der Waals surface area contributed by atoms with Crippen molar-refractivity contribution in [3.05, 3.63) is 93.0 Å². The Morgan fingerprint density at radius 2 is 1.43 bits per heavy atom. The molecule has 1 fully saturated rings. The van der Waals surface area contributed by atoms with Crippen molar-refractivity contribution in [1.29, 1.82) is 5.41 Å². The molecule has 0 unspecified atom stereocenters. The number of benzene rings is 2. The fourth-order valence-corrected chi connectivity index (χ4v) is 10.7. The van der Waals surface area contributed by atoms with E-state index in [-0.39, 0.29) is 15.5 Å². The summed E-state index contributed by atoms with van der Waals surface area (Å²) < 4.78 is 216. The number of sulfone groups is 1. The molecular weight excluding hydrogens is 1240 g/mol. The zero-order chi connectivity index (χ0) is 65.5. The largest absolute Gasteiger partial charge is 0.457 e. The summed E-state index contributed by atoms with van der Waals surface area (Å²) in [6.45, 7) is 6.47. The molecule has 87 heavy (non-hydrogen) atoms. The SMILES string of the molecule is CC(C)(C)OC(=O)C(C(=O)N[C@@H](Cc1cc(F)cc(F)c1)c1nc(C#CC(C)(C)S(C)(=O)=O)ccc1-c1ccc(Cl)c2c(N(C(=O)NCCNC(=N)N)S(C)(=O)=O)nn(CC(F)(F)F)c12)(C(=O)OC(C)(C)C)n1nc(C(F)(F)F)c2c1C(F)(F)[C@@H]1C[C@H]21. The van der Waals surface area contributed by atoms with Crippen molar-refractivity contribution in [3.8, 4) is 23.0 Å². The fraction of sp³-hybridized carbons (Fsp3) is 0.472. The van der Waals surface area contributed by atoms with Crippen LogP contribution < -0.4 is 26.0 Å². The van der Waals surface area contributed by atoms with Crippen molar-refractivity contribution in [2.24, 2.45) is 11.7 Å². The number of esters is 2. The van der Waals surface area contributed by atoms with Gasteiger partial charge in [-0.15, -0.1) is 0 Å². The Kier molecular flexibility index (Phi) is 17.5. The molecule has 5 aromatic rings. The first kappa shape index (κ1) is 66.8. The van der Waals surface area contributed by atoms with Crippen LogP contribution in [-0.4, -0.2) is 119 Å². The van der Waals surface area contributed by atoms with Crippen LogP contribution in [0.4, 0.5) is 54.5 Å². The second-order valence-corrected chi connectivity index (χ2v) is 27.8. The number of urea groups is 1. The van der Waals surface area contributed by atoms with E-state index in [1.165, 1.54) is 13.8 Å². The molecule has 2 aliphatic carbocycles. The van der Waals surface area contributed by atoms with Gasteiger partial charge in [-0.2, -0.15) is 49.6 Å². The van der Waals surface area contributed by atoms with Crippen molar-refractivity contribution in [2.45, 2.75) is 126 Å². The number of sulfonamides is 1. The molecule has 3 aromatic heterocycles. The third-order valence-corrected chi connectivity index (χ3v) is 16.7. The van der Waals surface area contributed by atoms with Crippen molar-refractivity contribution < 1.29 is 89.4 Å². The number of hydrogen-bond donors (Lipinski definition) is 5. The smallest absolute Gasteiger partial charge is 0.435 e. The van der Waals surface area contributed by atoms with E-state index in [1.807, 2.05) is 0 Å². The van der Waals surface area contributed by atoms with Gasteiger partial charge in [0.05, 0.1) is 33.9 Å². The lowest BCUT2D eigenvalue weighted by molar-refractivity contribution is -0.187. The molecule has 0 aliphatic heterocycles. The molecule has 2 aliphatic rings. The lowest BCUT2D eigenvalue weighted by atomic mass is 9.91. The number of rotatable bonds is 16. The number of aromatic nitrogens is 5. The normalized spacial score (nSPS) is 16.4. The quantitative estimate of drug-likeness (QED) is 0.0121. The Hall–Kier alpha value is -7.73. The van der Waals surface area contributed by atoms with Gasteiger partial charge in [0.15, 0.2) is 27.3 Å². The maximum absolute atomic E-state index is 16.8. The molecule has 2 aromatic carbocycles. The summed E-state index contributed by atoms with van der Waals surface area (Å²) >= 11 is 6.72. The second kappa shape index (κ2) is 22.8. The van der Waals surface area contributed by atoms with E-state index in [9.17, 15) is 34.8 Å². The Balaban J connectivity index is 1.63. The number of nitrogens with one attached hydrogen (secondary N) is 4. The molecule has 0 radical (unpaired) electrons. The Morgan fingerprint density at radius 1 is 0.862 bits per heavy atom. The van der Waals surface area contributed by atoms with E-state index in [2.05, 4.69) is 43.0 Å². The Morgan fingerprint density at radius 3 is 1.94 bits per heavy atom. The van der Waals surface area contributed by atoms with Crippen molar-refractivity contribution in [1.82, 2.24) is 40.5 Å². The van der Waals surface area contributed by atoms with Gasteiger partial charge in [-0.25, -0.2) is 49.7 Å². The number of fused-ring (bicyclic) bond motifs is 4. The van der Waals surface area contributed by atoms with Crippen LogP contribution in [0.3, 0.4) is 0 Å². The fourth-order valence-electron chi connectivity index (χ4n) is 9.42. The van der Waals surface area contributed by atoms with Gasteiger partial charge in [0.2, 0.25) is 10.0 Å². The predicted octanol–water partition coefficient (Wildman–Crippen LogP) is 7.63. The number of nitrogens with zero attached hydrogens (tertiary/aromatic N) is 6. The van der Waals surface area contributed by atoms with Crippen LogP contribution in [0.15, 0.2) is 42.5 Å². The highest BCUT2D eigenvalue weighted by Gasteiger charge is 2.72. The molecule has 1 saturated carbocycles. The van der Waals surface area contributed by atoms with Crippen molar-refractivity contribution >= 4 is 78.0 Å². The number of anilines is 1. The first-order valence-corrected chi connectivity index (χ1v) is 29.9. The molecule has 0 bridgehead atoms. The number of guanidine groups is 1. The molecule has 3 atom stereocenters. The third kappa shape index (κ3) is 13.9. The number of halogens is 11. The molecule has 21 nitrogen and oxygen atoms in total. The number of amides is 3. The van der Waals surface area contributed by atoms with E-state index in [0.29, 0.717) is 24.5 Å². The van der Waals surface area contributed by atoms with E-state index < -0.39 is 216 Å². The van der Waals surface area contributed by atoms with E-state index in [4.69, 9.17) is 32.2 Å². The van der Waals surface area contributed by atoms with Gasteiger partial charge in [0, 0.05) is 48.0 Å². The summed E-state index contributed by atoms with van der Waals surface area (Å²) in [7, 11) is -9.00. The number of carbonyl (C=O) groups excluding carboxylic acids is 4. The van der Waals surface area contributed by atoms with Gasteiger partial charge in [-0.1, -0.05) is 23.6 Å². The van der Waals surface area contributed by atoms with Crippen LogP contribution in [0.2, 0.25) is 5.02 Å². The molecule has 3 amide bonds. The standard InChI is InChI=1S/C53H56ClF10N11O10S2/c1-47(2,3)84-43(77)51(44(78)85-48(4,5)6,75-40-35(39(71-75)53(62,63)64)31-23-32(31)52(40,60)61)42(76)70-34(21-25-19-26(55)22-27(56)20-25)37-29(12-11-28(69-37)15-16-49(7,8)86(9,80)81)30-13-14-33(54)36-38(30)73(24-50(57,58)59)72-41(36)74(87(10,82)83)46(79)68-18-17-67-45(65)66/h11-14,19-20,22,31-32,34H,17-18,21,23-24H2,1-10H3,(H,68,79)(H,70,76)(H4,65,66,67)/t31-,32+,34-/m0/s1. The first-order chi connectivity index (χ1) is 39.6. The predicted molar refractivity (Wildman–Crippen MR) is 293 cm³/mol. The summed E-state index contributed by atoms with van der Waals surface area (Å²) in [5, 5.41) is 20.2. The number of carbonyl (C=O) groups is 4. The van der Waals surface area contributed by atoms with Gasteiger partial charge in [0.25, 0.3) is 11.8 Å². The minimum Gasteiger partial charge on any atom is -0.457 e. The second-order valence-electron chi connectivity index (χ2n) is 23.0. The van der Waals surface area contributed by atoms with Crippen molar-refractivity contribution in [2.75, 3.05) is 29.9 Å². The highest BCUT2D eigenvalue weighted by molar-refractivity contribution is 7.93. The highest BCUT2D eigenvalue weighted by atomic mass is 35.5. The van der Waals surface area contributed by atoms with E-state index >= 15 is 45.1 Å². The zero-order valence-electron chi connectivity index (χ0n) is 47.6. The molecule has 6 N–H and O–H groups in total. The van der Waals surface area contributed by atoms with Gasteiger partial charge >= 0.3 is 35.9 Å². The lowest BCUT2D eigenvalue weighted by Crippen LogP contribution is -2.64. The number of alkyl halides is 8. The Labute approximate surface area is 495 Å². The highest BCUT2D eigenvalue weighted by Crippen LogP contribution is 2.69. The number of pyridine rings is 1. The monoisotopic (exact) mass is 1300 g/mol. The summed E-state index contributed by atoms with van der Waals surface area (Å²) in [4.78, 5) is 64.9. The van der Waals surface area contributed by atoms with Crippen LogP contribution in [0, 0.1) is 34.8 Å². The topological polar surface area (TPSA) is 293 Å². The van der Waals surface area contributed by atoms with Gasteiger partial charge < -0.3 is 31.2 Å². The molecule has 472 valence electrons. The van der Waals surface area contributed by atoms with Crippen LogP contribution in [0.25, 0.3) is 22.0 Å². The lowest BCUT2D eigenvalue weighted by Gasteiger charge is -2.36. The molecule has 7 rings (SSSR count). The molecule has 0 saturated heterocycles. The van der Waals surface area contributed by atoms with Gasteiger partial charge in [0.1, 0.15) is 45.5 Å². The summed E-state index contributed by atoms with van der Waals surface area (Å²) in [6.07, 6.45) is -11.2. The molecule has 0 spiro atoms. The van der Waals surface area contributed by atoms with Crippen LogP contribution >= 0.6 is 11.6 Å². The van der Waals surface area contributed by atoms with Gasteiger partial charge in [-0.3, -0.25) is 14.9 Å². The maximum Gasteiger partial charge on any atom is 0.435 e. The number of hydrogen-bond acceptors (Lipinski definition) is 14. The van der Waals surface area contributed by atoms with E-state index in [1.54, 1.807) is 0 Å². The number of ether oxygens (including phenoxy) is 2. The minimum absolute atomic E-state index is 0.0509. The van der Waals surface area contributed by atoms with E-state index in [0.717, 1.165) is 72.1 Å². The Bertz CT molecular complexity index is 3910. The maximum atomic E-state index is 16.8. The van der Waals surface area contributed by atoms with Crippen LogP contribution in [-0.2, 0) is 74.3 Å². The van der Waals surface area contributed by atoms with Crippen LogP contribution in [0.5, 0.6) is 0 Å². The third-order valence-electron chi connectivity index (χ3n) is 13.4. The summed E-state index contributed by atoms with van der Waals surface area (Å²) in [5.41, 5.74) is -11.3. The van der Waals surface area contributed by atoms with Gasteiger partial charge in [-0.05, 0) is 116 Å². The van der Waals surface area contributed by atoms with Crippen LogP contribution in [0.1, 0.15) is 108 Å². The average Bonchev–Trinajstić information content (AvgIpc) is 1.51. The van der Waals surface area contributed by atoms with Crippen molar-refractivity contribution in [3.63, 3.8) is 0 Å². The minimum atomic E-state index is -5.62. The molecule has 34 heteroatoms. The number of nitrogens with two attached hydrogens (primary N) is 1. The average molecular weight is 1300 g/mol. The zero-order valence-corrected chi connectivity index (χ0v) is 50.0. The summed E-state index contributed by atoms with van der Waals surface area (Å²) in [6, 6.07) is 1.90. The molecule has 3 heterocycles. The molecular formula is C53H56ClF10N11O10S2. The summed E-state index contributed by atoms with van der Waals surface area (Å²) in [5.74, 6) is -13.6. The first-order valence-electron chi connectivity index (χ1n) is 25.8.